The van der Waals surface area contributed by atoms with Gasteiger partial charge in [-0.05, 0) is 53.9 Å². The number of alkyl halides is 3. The van der Waals surface area contributed by atoms with Gasteiger partial charge in [-0.2, -0.15) is 0 Å². The summed E-state index contributed by atoms with van der Waals surface area (Å²) in [4.78, 5) is 0. The Morgan fingerprint density at radius 3 is 1.77 bits per heavy atom. The van der Waals surface area contributed by atoms with Crippen LogP contribution in [0.3, 0.4) is 0 Å². The second-order valence-electron chi connectivity index (χ2n) is 9.87. The molecule has 0 spiro atoms. The van der Waals surface area contributed by atoms with Crippen molar-refractivity contribution in [2.24, 2.45) is 5.92 Å². The van der Waals surface area contributed by atoms with Crippen molar-refractivity contribution in [3.05, 3.63) is 107 Å². The third kappa shape index (κ3) is 7.08. The van der Waals surface area contributed by atoms with Gasteiger partial charge in [0.05, 0.1) is 19.8 Å². The first-order chi connectivity index (χ1) is 20.4. The van der Waals surface area contributed by atoms with Gasteiger partial charge in [-0.15, -0.1) is 13.2 Å². The van der Waals surface area contributed by atoms with Gasteiger partial charge in [0.15, 0.2) is 35.3 Å². The van der Waals surface area contributed by atoms with Crippen LogP contribution in [0.4, 0.5) is 35.1 Å². The number of ether oxygens (including phenoxy) is 4. The Balaban J connectivity index is 1.21. The summed E-state index contributed by atoms with van der Waals surface area (Å²) < 4.78 is 129. The minimum atomic E-state index is -5.29. The van der Waals surface area contributed by atoms with Crippen molar-refractivity contribution in [2.45, 2.75) is 19.6 Å². The van der Waals surface area contributed by atoms with E-state index >= 15 is 0 Å². The molecule has 0 aromatic heterocycles. The maximum atomic E-state index is 14.9. The number of rotatable bonds is 7. The highest BCUT2D eigenvalue weighted by molar-refractivity contribution is 5.71. The van der Waals surface area contributed by atoms with Crippen molar-refractivity contribution in [1.82, 2.24) is 0 Å². The number of benzene rings is 4. The topological polar surface area (TPSA) is 36.9 Å². The second-order valence-corrected chi connectivity index (χ2v) is 9.87. The van der Waals surface area contributed by atoms with E-state index in [1.165, 1.54) is 12.1 Å². The lowest BCUT2D eigenvalue weighted by atomic mass is 9.99. The molecule has 0 atom stereocenters. The number of aryl methyl sites for hydroxylation is 1. The Morgan fingerprint density at radius 2 is 1.21 bits per heavy atom. The van der Waals surface area contributed by atoms with Crippen LogP contribution in [0.2, 0.25) is 0 Å². The number of hydrogen-bond donors (Lipinski definition) is 0. The molecule has 1 aliphatic heterocycles. The van der Waals surface area contributed by atoms with Gasteiger partial charge in [-0.1, -0.05) is 42.0 Å². The lowest BCUT2D eigenvalue weighted by molar-refractivity contribution is -0.276. The van der Waals surface area contributed by atoms with Crippen molar-refractivity contribution >= 4 is 0 Å². The predicted octanol–water partition coefficient (Wildman–Crippen LogP) is 8.66. The maximum Gasteiger partial charge on any atom is 0.573 e. The quantitative estimate of drug-likeness (QED) is 0.196. The van der Waals surface area contributed by atoms with Gasteiger partial charge in [-0.25, -0.2) is 22.0 Å². The lowest BCUT2D eigenvalue weighted by Crippen LogP contribution is -2.31. The van der Waals surface area contributed by atoms with E-state index in [-0.39, 0.29) is 36.5 Å². The van der Waals surface area contributed by atoms with Gasteiger partial charge < -0.3 is 18.9 Å². The average Bonchev–Trinajstić information content (AvgIpc) is 2.94. The number of halogens is 8. The summed E-state index contributed by atoms with van der Waals surface area (Å²) in [5, 5.41) is 0. The molecule has 4 nitrogen and oxygen atoms in total. The standard InChI is InChI=1S/C31H22F8O4/c1-16-2-4-18(5-3-16)19-6-7-22(23(32)8-19)20-9-24(33)28(25(34)10-20)40-13-17-14-41-30(42-15-17)21-11-26(35)29(27(36)12-21)43-31(37,38)39/h2-12,17,30H,13-15H2,1H3. The van der Waals surface area contributed by atoms with E-state index in [2.05, 4.69) is 4.74 Å². The third-order valence-electron chi connectivity index (χ3n) is 6.60. The molecule has 5 rings (SSSR count). The van der Waals surface area contributed by atoms with Gasteiger partial charge in [0.1, 0.15) is 5.82 Å². The van der Waals surface area contributed by atoms with Crippen molar-refractivity contribution in [3.8, 4) is 33.8 Å². The van der Waals surface area contributed by atoms with Crippen LogP contribution in [-0.4, -0.2) is 26.2 Å². The molecular weight excluding hydrogens is 588 g/mol. The maximum absolute atomic E-state index is 14.9. The molecule has 43 heavy (non-hydrogen) atoms. The predicted molar refractivity (Wildman–Crippen MR) is 139 cm³/mol. The van der Waals surface area contributed by atoms with Crippen molar-refractivity contribution in [1.29, 1.82) is 0 Å². The van der Waals surface area contributed by atoms with Crippen LogP contribution in [0.5, 0.6) is 11.5 Å². The van der Waals surface area contributed by atoms with Crippen molar-refractivity contribution < 1.29 is 54.1 Å². The summed E-state index contributed by atoms with van der Waals surface area (Å²) in [5.74, 6) is -8.91. The first-order valence-electron chi connectivity index (χ1n) is 12.8. The summed E-state index contributed by atoms with van der Waals surface area (Å²) in [6, 6.07) is 14.9. The molecule has 0 saturated carbocycles. The van der Waals surface area contributed by atoms with Crippen LogP contribution in [0, 0.1) is 41.9 Å². The number of hydrogen-bond acceptors (Lipinski definition) is 4. The molecule has 1 heterocycles. The van der Waals surface area contributed by atoms with Gasteiger partial charge in [0.2, 0.25) is 5.75 Å². The molecule has 0 bridgehead atoms. The molecule has 1 fully saturated rings. The molecule has 1 saturated heterocycles. The van der Waals surface area contributed by atoms with E-state index in [1.807, 2.05) is 31.2 Å². The highest BCUT2D eigenvalue weighted by Crippen LogP contribution is 2.35. The van der Waals surface area contributed by atoms with E-state index < -0.39 is 59.2 Å². The molecule has 4 aromatic carbocycles. The molecular formula is C31H22F8O4. The minimum Gasteiger partial charge on any atom is -0.487 e. The second kappa shape index (κ2) is 12.2. The molecule has 0 aliphatic carbocycles. The van der Waals surface area contributed by atoms with E-state index in [0.717, 1.165) is 23.3 Å². The summed E-state index contributed by atoms with van der Waals surface area (Å²) in [5.41, 5.74) is 2.15. The molecule has 0 N–H and O–H groups in total. The average molecular weight is 610 g/mol. The smallest absolute Gasteiger partial charge is 0.487 e. The zero-order valence-electron chi connectivity index (χ0n) is 22.3. The first kappa shape index (κ1) is 30.3. The molecule has 0 radical (unpaired) electrons. The molecule has 226 valence electrons. The Hall–Kier alpha value is -4.16. The van der Waals surface area contributed by atoms with Crippen LogP contribution in [0.15, 0.2) is 66.7 Å². The van der Waals surface area contributed by atoms with Crippen molar-refractivity contribution in [2.75, 3.05) is 19.8 Å². The Morgan fingerprint density at radius 1 is 0.674 bits per heavy atom. The van der Waals surface area contributed by atoms with Gasteiger partial charge >= 0.3 is 6.36 Å². The molecule has 1 aliphatic rings. The highest BCUT2D eigenvalue weighted by Gasteiger charge is 2.35. The minimum absolute atomic E-state index is 0.00814. The fourth-order valence-corrected chi connectivity index (χ4v) is 4.49. The van der Waals surface area contributed by atoms with E-state index in [9.17, 15) is 35.1 Å². The Kier molecular flexibility index (Phi) is 8.61. The molecule has 12 heteroatoms. The SMILES string of the molecule is Cc1ccc(-c2ccc(-c3cc(F)c(OCC4COC(c5cc(F)c(OC(F)(F)F)c(F)c5)OC4)c(F)c3)c(F)c2)cc1. The summed E-state index contributed by atoms with van der Waals surface area (Å²) in [6.07, 6.45) is -6.61. The van der Waals surface area contributed by atoms with Crippen molar-refractivity contribution in [3.63, 3.8) is 0 Å². The van der Waals surface area contributed by atoms with Crippen LogP contribution in [0.1, 0.15) is 17.4 Å². The van der Waals surface area contributed by atoms with Crippen LogP contribution < -0.4 is 9.47 Å². The summed E-state index contributed by atoms with van der Waals surface area (Å²) >= 11 is 0. The van der Waals surface area contributed by atoms with Gasteiger partial charge in [0, 0.05) is 17.0 Å². The fourth-order valence-electron chi connectivity index (χ4n) is 4.49. The summed E-state index contributed by atoms with van der Waals surface area (Å²) in [7, 11) is 0. The van der Waals surface area contributed by atoms with Crippen LogP contribution in [-0.2, 0) is 9.47 Å². The largest absolute Gasteiger partial charge is 0.573 e. The van der Waals surface area contributed by atoms with E-state index in [4.69, 9.17) is 14.2 Å². The highest BCUT2D eigenvalue weighted by atomic mass is 19.4. The first-order valence-corrected chi connectivity index (χ1v) is 12.8. The van der Waals surface area contributed by atoms with E-state index in [0.29, 0.717) is 17.7 Å². The fraction of sp³-hybridized carbons (Fsp3) is 0.226. The van der Waals surface area contributed by atoms with Gasteiger partial charge in [-0.3, -0.25) is 0 Å². The Bertz CT molecular complexity index is 1570. The zero-order valence-corrected chi connectivity index (χ0v) is 22.3. The van der Waals surface area contributed by atoms with Gasteiger partial charge in [0.25, 0.3) is 0 Å². The lowest BCUT2D eigenvalue weighted by Gasteiger charge is -2.29. The Labute approximate surface area is 240 Å². The molecule has 0 amide bonds. The summed E-state index contributed by atoms with van der Waals surface area (Å²) in [6.45, 7) is 1.39. The normalized spacial score (nSPS) is 17.1. The zero-order chi connectivity index (χ0) is 30.9. The van der Waals surface area contributed by atoms with Crippen LogP contribution in [0.25, 0.3) is 22.3 Å². The third-order valence-corrected chi connectivity index (χ3v) is 6.60. The van der Waals surface area contributed by atoms with Crippen LogP contribution >= 0.6 is 0 Å². The molecule has 0 unspecified atom stereocenters. The van der Waals surface area contributed by atoms with E-state index in [1.54, 1.807) is 6.07 Å². The molecule has 4 aromatic rings. The monoisotopic (exact) mass is 610 g/mol.